The van der Waals surface area contributed by atoms with E-state index in [1.807, 2.05) is 0 Å². The highest BCUT2D eigenvalue weighted by molar-refractivity contribution is 5.73. The molecule has 2 atom stereocenters. The zero-order valence-corrected chi connectivity index (χ0v) is 10.3. The first-order chi connectivity index (χ1) is 7.11. The second kappa shape index (κ2) is 5.84. The summed E-state index contributed by atoms with van der Waals surface area (Å²) >= 11 is 0. The molecule has 0 fully saturated rings. The van der Waals surface area contributed by atoms with Crippen LogP contribution in [0.4, 0.5) is 0 Å². The molecule has 0 aromatic rings. The van der Waals surface area contributed by atoms with E-state index in [1.54, 1.807) is 27.7 Å². The predicted octanol–water partition coefficient (Wildman–Crippen LogP) is 1.16. The summed E-state index contributed by atoms with van der Waals surface area (Å²) in [4.78, 5) is 21.9. The van der Waals surface area contributed by atoms with E-state index in [9.17, 15) is 9.59 Å². The van der Waals surface area contributed by atoms with Crippen molar-refractivity contribution in [2.24, 2.45) is 11.7 Å². The maximum Gasteiger partial charge on any atom is 0.320 e. The molecule has 0 rings (SSSR count). The lowest BCUT2D eigenvalue weighted by atomic mass is 9.99. The third-order valence-electron chi connectivity index (χ3n) is 1.91. The van der Waals surface area contributed by atoms with Gasteiger partial charge in [0.1, 0.15) is 11.6 Å². The average molecular weight is 231 g/mol. The Kier molecular flexibility index (Phi) is 5.44. The van der Waals surface area contributed by atoms with Gasteiger partial charge in [0.25, 0.3) is 0 Å². The Hall–Kier alpha value is -1.10. The average Bonchev–Trinajstić information content (AvgIpc) is 1.98. The van der Waals surface area contributed by atoms with Crippen LogP contribution in [0.3, 0.4) is 0 Å². The van der Waals surface area contributed by atoms with E-state index < -0.39 is 17.6 Å². The van der Waals surface area contributed by atoms with Crippen LogP contribution in [0.15, 0.2) is 0 Å². The molecule has 0 saturated heterocycles. The fourth-order valence-corrected chi connectivity index (χ4v) is 1.29. The van der Waals surface area contributed by atoms with Crippen molar-refractivity contribution in [2.45, 2.75) is 52.2 Å². The number of esters is 1. The second-order valence-electron chi connectivity index (χ2n) is 5.08. The van der Waals surface area contributed by atoms with Crippen LogP contribution in [-0.4, -0.2) is 28.7 Å². The molecule has 0 aliphatic carbocycles. The summed E-state index contributed by atoms with van der Waals surface area (Å²) in [6.45, 7) is 7.16. The first-order valence-electron chi connectivity index (χ1n) is 5.32. The SMILES string of the molecule is CC(CC(=O)OC(C)(C)C)C[C@H](N)C(=O)O. The lowest BCUT2D eigenvalue weighted by Gasteiger charge is -2.21. The Morgan fingerprint density at radius 2 is 1.88 bits per heavy atom. The highest BCUT2D eigenvalue weighted by Crippen LogP contribution is 2.14. The molecular weight excluding hydrogens is 210 g/mol. The van der Waals surface area contributed by atoms with Gasteiger partial charge in [-0.3, -0.25) is 9.59 Å². The van der Waals surface area contributed by atoms with Crippen LogP contribution in [0.2, 0.25) is 0 Å². The van der Waals surface area contributed by atoms with Crippen molar-refractivity contribution in [3.63, 3.8) is 0 Å². The Morgan fingerprint density at radius 1 is 1.38 bits per heavy atom. The van der Waals surface area contributed by atoms with Gasteiger partial charge in [0.2, 0.25) is 0 Å². The third-order valence-corrected chi connectivity index (χ3v) is 1.91. The van der Waals surface area contributed by atoms with Crippen LogP contribution in [0.5, 0.6) is 0 Å². The first kappa shape index (κ1) is 14.9. The van der Waals surface area contributed by atoms with Gasteiger partial charge in [0, 0.05) is 6.42 Å². The summed E-state index contributed by atoms with van der Waals surface area (Å²) in [7, 11) is 0. The zero-order valence-electron chi connectivity index (χ0n) is 10.3. The van der Waals surface area contributed by atoms with Gasteiger partial charge in [-0.15, -0.1) is 0 Å². The number of aliphatic carboxylic acids is 1. The van der Waals surface area contributed by atoms with E-state index in [-0.39, 0.29) is 24.7 Å². The fourth-order valence-electron chi connectivity index (χ4n) is 1.29. The van der Waals surface area contributed by atoms with Gasteiger partial charge in [-0.05, 0) is 33.1 Å². The van der Waals surface area contributed by atoms with Crippen molar-refractivity contribution in [1.29, 1.82) is 0 Å². The van der Waals surface area contributed by atoms with Crippen molar-refractivity contribution >= 4 is 11.9 Å². The molecule has 94 valence electrons. The molecule has 1 unspecified atom stereocenters. The number of carboxylic acid groups (broad SMARTS) is 1. The molecule has 0 bridgehead atoms. The van der Waals surface area contributed by atoms with E-state index in [1.165, 1.54) is 0 Å². The molecule has 0 spiro atoms. The number of nitrogens with two attached hydrogens (primary N) is 1. The van der Waals surface area contributed by atoms with E-state index in [0.717, 1.165) is 0 Å². The molecule has 0 aliphatic rings. The van der Waals surface area contributed by atoms with Crippen LogP contribution >= 0.6 is 0 Å². The molecule has 5 heteroatoms. The Morgan fingerprint density at radius 3 is 2.25 bits per heavy atom. The lowest BCUT2D eigenvalue weighted by Crippen LogP contribution is -2.33. The smallest absolute Gasteiger partial charge is 0.320 e. The largest absolute Gasteiger partial charge is 0.480 e. The number of rotatable bonds is 5. The van der Waals surface area contributed by atoms with Crippen LogP contribution in [-0.2, 0) is 14.3 Å². The normalized spacial score (nSPS) is 15.3. The highest BCUT2D eigenvalue weighted by Gasteiger charge is 2.21. The molecule has 0 aromatic heterocycles. The molecule has 0 radical (unpaired) electrons. The summed E-state index contributed by atoms with van der Waals surface area (Å²) < 4.78 is 5.12. The summed E-state index contributed by atoms with van der Waals surface area (Å²) in [5.41, 5.74) is 4.86. The Balaban J connectivity index is 4.01. The van der Waals surface area contributed by atoms with Crippen molar-refractivity contribution in [3.05, 3.63) is 0 Å². The number of ether oxygens (including phenoxy) is 1. The minimum absolute atomic E-state index is 0.0963. The van der Waals surface area contributed by atoms with Crippen LogP contribution in [0, 0.1) is 5.92 Å². The van der Waals surface area contributed by atoms with Crippen molar-refractivity contribution in [1.82, 2.24) is 0 Å². The number of hydrogen-bond donors (Lipinski definition) is 2. The number of carboxylic acids is 1. The van der Waals surface area contributed by atoms with Gasteiger partial charge in [-0.1, -0.05) is 6.92 Å². The molecule has 0 aromatic carbocycles. The van der Waals surface area contributed by atoms with Gasteiger partial charge >= 0.3 is 11.9 Å². The molecule has 16 heavy (non-hydrogen) atoms. The summed E-state index contributed by atoms with van der Waals surface area (Å²) in [6.07, 6.45) is 0.465. The number of carbonyl (C=O) groups is 2. The lowest BCUT2D eigenvalue weighted by molar-refractivity contribution is -0.156. The summed E-state index contributed by atoms with van der Waals surface area (Å²) in [5, 5.41) is 8.61. The summed E-state index contributed by atoms with van der Waals surface area (Å²) in [6, 6.07) is -0.919. The Bertz CT molecular complexity index is 257. The second-order valence-corrected chi connectivity index (χ2v) is 5.08. The van der Waals surface area contributed by atoms with E-state index in [2.05, 4.69) is 0 Å². The molecule has 5 nitrogen and oxygen atoms in total. The van der Waals surface area contributed by atoms with Crippen molar-refractivity contribution in [2.75, 3.05) is 0 Å². The van der Waals surface area contributed by atoms with Gasteiger partial charge < -0.3 is 15.6 Å². The number of hydrogen-bond acceptors (Lipinski definition) is 4. The minimum Gasteiger partial charge on any atom is -0.480 e. The number of carbonyl (C=O) groups excluding carboxylic acids is 1. The maximum atomic E-state index is 11.4. The molecular formula is C11H21NO4. The molecule has 3 N–H and O–H groups in total. The van der Waals surface area contributed by atoms with Crippen molar-refractivity contribution in [3.8, 4) is 0 Å². The van der Waals surface area contributed by atoms with E-state index in [4.69, 9.17) is 15.6 Å². The van der Waals surface area contributed by atoms with Gasteiger partial charge in [0.15, 0.2) is 0 Å². The third kappa shape index (κ3) is 7.23. The zero-order chi connectivity index (χ0) is 12.9. The summed E-state index contributed by atoms with van der Waals surface area (Å²) in [5.74, 6) is -1.46. The highest BCUT2D eigenvalue weighted by atomic mass is 16.6. The molecule has 0 saturated carbocycles. The van der Waals surface area contributed by atoms with Gasteiger partial charge in [-0.2, -0.15) is 0 Å². The van der Waals surface area contributed by atoms with Crippen LogP contribution in [0.1, 0.15) is 40.5 Å². The van der Waals surface area contributed by atoms with Crippen LogP contribution < -0.4 is 5.73 Å². The van der Waals surface area contributed by atoms with Crippen molar-refractivity contribution < 1.29 is 19.4 Å². The fraction of sp³-hybridized carbons (Fsp3) is 0.818. The van der Waals surface area contributed by atoms with E-state index in [0.29, 0.717) is 0 Å². The minimum atomic E-state index is -1.05. The van der Waals surface area contributed by atoms with E-state index >= 15 is 0 Å². The predicted molar refractivity (Wildman–Crippen MR) is 59.9 cm³/mol. The quantitative estimate of drug-likeness (QED) is 0.693. The standard InChI is InChI=1S/C11H21NO4/c1-7(5-8(12)10(14)15)6-9(13)16-11(2,3)4/h7-8H,5-6,12H2,1-4H3,(H,14,15)/t7?,8-/m0/s1. The molecule has 0 amide bonds. The van der Waals surface area contributed by atoms with Crippen LogP contribution in [0.25, 0.3) is 0 Å². The Labute approximate surface area is 96.0 Å². The molecule has 0 heterocycles. The van der Waals surface area contributed by atoms with Gasteiger partial charge in [-0.25, -0.2) is 0 Å². The first-order valence-corrected chi connectivity index (χ1v) is 5.32. The topological polar surface area (TPSA) is 89.6 Å². The van der Waals surface area contributed by atoms with Gasteiger partial charge in [0.05, 0.1) is 0 Å². The monoisotopic (exact) mass is 231 g/mol. The molecule has 0 aliphatic heterocycles. The maximum absolute atomic E-state index is 11.4.